The van der Waals surface area contributed by atoms with Gasteiger partial charge in [0.05, 0.1) is 17.2 Å². The van der Waals surface area contributed by atoms with E-state index in [1.54, 1.807) is 6.20 Å². The van der Waals surface area contributed by atoms with Crippen molar-refractivity contribution >= 4 is 43.9 Å². The van der Waals surface area contributed by atoms with E-state index in [-0.39, 0.29) is 0 Å². The minimum absolute atomic E-state index is 0.687. The van der Waals surface area contributed by atoms with Crippen molar-refractivity contribution in [3.05, 3.63) is 103 Å². The van der Waals surface area contributed by atoms with E-state index in [1.165, 1.54) is 21.8 Å². The first-order valence-corrected chi connectivity index (χ1v) is 10.6. The summed E-state index contributed by atoms with van der Waals surface area (Å²) in [5.74, 6) is 0.687. The Labute approximate surface area is 183 Å². The molecule has 0 unspecified atom stereocenters. The van der Waals surface area contributed by atoms with E-state index in [1.807, 2.05) is 24.3 Å². The van der Waals surface area contributed by atoms with Crippen molar-refractivity contribution in [2.75, 3.05) is 0 Å². The van der Waals surface area contributed by atoms with Gasteiger partial charge >= 0.3 is 0 Å². The molecule has 32 heavy (non-hydrogen) atoms. The van der Waals surface area contributed by atoms with Gasteiger partial charge in [-0.05, 0) is 36.4 Å². The van der Waals surface area contributed by atoms with Gasteiger partial charge in [0.25, 0.3) is 0 Å². The summed E-state index contributed by atoms with van der Waals surface area (Å²) >= 11 is 0. The van der Waals surface area contributed by atoms with Crippen LogP contribution in [0.15, 0.2) is 108 Å². The van der Waals surface area contributed by atoms with E-state index in [0.717, 1.165) is 27.7 Å². The van der Waals surface area contributed by atoms with E-state index in [2.05, 4.69) is 82.3 Å². The molecule has 4 nitrogen and oxygen atoms in total. The summed E-state index contributed by atoms with van der Waals surface area (Å²) in [7, 11) is 0. The molecule has 0 aliphatic rings. The predicted molar refractivity (Wildman–Crippen MR) is 129 cm³/mol. The fourth-order valence-corrected chi connectivity index (χ4v) is 4.63. The Bertz CT molecular complexity index is 1740. The predicted octanol–water partition coefficient (Wildman–Crippen LogP) is 7.14. The van der Waals surface area contributed by atoms with Gasteiger partial charge in [0, 0.05) is 27.4 Å². The zero-order chi connectivity index (χ0) is 21.1. The molecular formula is C28H17N3O. The fourth-order valence-electron chi connectivity index (χ4n) is 4.63. The second kappa shape index (κ2) is 6.53. The molecule has 7 rings (SSSR count). The Morgan fingerprint density at radius 2 is 1.31 bits per heavy atom. The van der Waals surface area contributed by atoms with Gasteiger partial charge in [0.15, 0.2) is 11.4 Å². The SMILES string of the molecule is c1cc(-c2ncc3oc4ccccc4c3n2)cc(-n2c3ccccc3c3ccccc32)c1. The molecule has 0 bridgehead atoms. The number of hydrogen-bond acceptors (Lipinski definition) is 3. The van der Waals surface area contributed by atoms with Gasteiger partial charge in [-0.3, -0.25) is 0 Å². The molecule has 150 valence electrons. The molecule has 0 aliphatic carbocycles. The van der Waals surface area contributed by atoms with Gasteiger partial charge in [0.2, 0.25) is 0 Å². The van der Waals surface area contributed by atoms with Crippen LogP contribution in [0.5, 0.6) is 0 Å². The quantitative estimate of drug-likeness (QED) is 0.304. The second-order valence-corrected chi connectivity index (χ2v) is 7.92. The Morgan fingerprint density at radius 3 is 2.09 bits per heavy atom. The smallest absolute Gasteiger partial charge is 0.172 e. The minimum atomic E-state index is 0.687. The number of aromatic nitrogens is 3. The number of furan rings is 1. The van der Waals surface area contributed by atoms with Crippen LogP contribution in [0.4, 0.5) is 0 Å². The summed E-state index contributed by atoms with van der Waals surface area (Å²) < 4.78 is 8.20. The number of rotatable bonds is 2. The maximum atomic E-state index is 5.89. The molecule has 0 radical (unpaired) electrons. The third kappa shape index (κ3) is 2.44. The van der Waals surface area contributed by atoms with E-state index in [0.29, 0.717) is 11.4 Å². The lowest BCUT2D eigenvalue weighted by Gasteiger charge is -2.09. The van der Waals surface area contributed by atoms with Crippen LogP contribution in [0.3, 0.4) is 0 Å². The Hall–Kier alpha value is -4.44. The molecule has 0 spiro atoms. The van der Waals surface area contributed by atoms with Gasteiger partial charge in [-0.15, -0.1) is 0 Å². The average molecular weight is 411 g/mol. The second-order valence-electron chi connectivity index (χ2n) is 7.92. The van der Waals surface area contributed by atoms with Crippen molar-refractivity contribution in [3.63, 3.8) is 0 Å². The van der Waals surface area contributed by atoms with Gasteiger partial charge in [0.1, 0.15) is 11.1 Å². The molecular weight excluding hydrogens is 394 g/mol. The molecule has 7 aromatic rings. The number of benzene rings is 4. The molecule has 0 saturated heterocycles. The van der Waals surface area contributed by atoms with Crippen LogP contribution in [0.1, 0.15) is 0 Å². The highest BCUT2D eigenvalue weighted by Gasteiger charge is 2.14. The van der Waals surface area contributed by atoms with Crippen LogP contribution < -0.4 is 0 Å². The summed E-state index contributed by atoms with van der Waals surface area (Å²) in [5.41, 5.74) is 6.79. The van der Waals surface area contributed by atoms with Crippen LogP contribution in [-0.4, -0.2) is 14.5 Å². The van der Waals surface area contributed by atoms with E-state index in [4.69, 9.17) is 9.40 Å². The van der Waals surface area contributed by atoms with Crippen molar-refractivity contribution in [1.82, 2.24) is 14.5 Å². The van der Waals surface area contributed by atoms with E-state index < -0.39 is 0 Å². The first kappa shape index (κ1) is 17.3. The molecule has 0 fully saturated rings. The van der Waals surface area contributed by atoms with Crippen molar-refractivity contribution in [1.29, 1.82) is 0 Å². The third-order valence-electron chi connectivity index (χ3n) is 6.06. The summed E-state index contributed by atoms with van der Waals surface area (Å²) in [6.07, 6.45) is 1.77. The molecule has 4 aromatic carbocycles. The number of para-hydroxylation sites is 3. The zero-order valence-corrected chi connectivity index (χ0v) is 17.1. The topological polar surface area (TPSA) is 43.9 Å². The first-order chi connectivity index (χ1) is 15.9. The van der Waals surface area contributed by atoms with Crippen molar-refractivity contribution in [3.8, 4) is 17.1 Å². The maximum Gasteiger partial charge on any atom is 0.172 e. The highest BCUT2D eigenvalue weighted by Crippen LogP contribution is 2.33. The van der Waals surface area contributed by atoms with Crippen LogP contribution in [0.25, 0.3) is 61.0 Å². The number of hydrogen-bond donors (Lipinski definition) is 0. The molecule has 0 aliphatic heterocycles. The van der Waals surface area contributed by atoms with Crippen LogP contribution in [-0.2, 0) is 0 Å². The lowest BCUT2D eigenvalue weighted by molar-refractivity contribution is 0.666. The highest BCUT2D eigenvalue weighted by atomic mass is 16.3. The molecule has 0 N–H and O–H groups in total. The van der Waals surface area contributed by atoms with Gasteiger partial charge < -0.3 is 8.98 Å². The largest absolute Gasteiger partial charge is 0.453 e. The standard InChI is InChI=1S/C28H17N3O/c1-4-13-23-20(10-1)21-11-2-5-14-24(21)31(23)19-9-7-8-18(16-19)28-29-17-26-27(30-28)22-12-3-6-15-25(22)32-26/h1-17H. The molecule has 3 heterocycles. The van der Waals surface area contributed by atoms with Crippen LogP contribution in [0.2, 0.25) is 0 Å². The van der Waals surface area contributed by atoms with Crippen molar-refractivity contribution in [2.24, 2.45) is 0 Å². The zero-order valence-electron chi connectivity index (χ0n) is 17.1. The molecule has 4 heteroatoms. The van der Waals surface area contributed by atoms with Crippen molar-refractivity contribution in [2.45, 2.75) is 0 Å². The monoisotopic (exact) mass is 411 g/mol. The molecule has 0 amide bonds. The average Bonchev–Trinajstić information content (AvgIpc) is 3.39. The summed E-state index contributed by atoms with van der Waals surface area (Å²) in [6.45, 7) is 0. The Morgan fingerprint density at radius 1 is 0.625 bits per heavy atom. The first-order valence-electron chi connectivity index (χ1n) is 10.6. The Balaban J connectivity index is 1.45. The normalized spacial score (nSPS) is 11.8. The molecule has 0 saturated carbocycles. The lowest BCUT2D eigenvalue weighted by Crippen LogP contribution is -1.95. The lowest BCUT2D eigenvalue weighted by atomic mass is 10.1. The van der Waals surface area contributed by atoms with Crippen LogP contribution in [0, 0.1) is 0 Å². The van der Waals surface area contributed by atoms with E-state index >= 15 is 0 Å². The summed E-state index contributed by atoms with van der Waals surface area (Å²) in [5, 5.41) is 3.50. The fraction of sp³-hybridized carbons (Fsp3) is 0. The number of nitrogens with zero attached hydrogens (tertiary/aromatic N) is 3. The Kier molecular flexibility index (Phi) is 3.52. The van der Waals surface area contributed by atoms with Gasteiger partial charge in [-0.2, -0.15) is 0 Å². The molecule has 0 atom stereocenters. The molecule has 3 aromatic heterocycles. The van der Waals surface area contributed by atoms with Gasteiger partial charge in [-0.25, -0.2) is 9.97 Å². The van der Waals surface area contributed by atoms with Gasteiger partial charge in [-0.1, -0.05) is 60.7 Å². The highest BCUT2D eigenvalue weighted by molar-refractivity contribution is 6.09. The van der Waals surface area contributed by atoms with Crippen molar-refractivity contribution < 1.29 is 4.42 Å². The maximum absolute atomic E-state index is 5.89. The summed E-state index contributed by atoms with van der Waals surface area (Å²) in [6, 6.07) is 33.4. The minimum Gasteiger partial charge on any atom is -0.453 e. The van der Waals surface area contributed by atoms with E-state index in [9.17, 15) is 0 Å². The van der Waals surface area contributed by atoms with Crippen LogP contribution >= 0.6 is 0 Å². The third-order valence-corrected chi connectivity index (χ3v) is 6.06. The summed E-state index contributed by atoms with van der Waals surface area (Å²) in [4.78, 5) is 9.47. The number of fused-ring (bicyclic) bond motifs is 6.